The summed E-state index contributed by atoms with van der Waals surface area (Å²) < 4.78 is 5.72. The van der Waals surface area contributed by atoms with Crippen LogP contribution in [0, 0.1) is 5.92 Å². The fourth-order valence-electron chi connectivity index (χ4n) is 4.44. The van der Waals surface area contributed by atoms with Gasteiger partial charge in [0, 0.05) is 45.3 Å². The average Bonchev–Trinajstić information content (AvgIpc) is 3.40. The zero-order valence-corrected chi connectivity index (χ0v) is 19.1. The zero-order valence-electron chi connectivity index (χ0n) is 19.1. The van der Waals surface area contributed by atoms with E-state index in [1.54, 1.807) is 0 Å². The molecule has 1 saturated carbocycles. The van der Waals surface area contributed by atoms with Gasteiger partial charge in [0.2, 0.25) is 0 Å². The Hall–Kier alpha value is -1.50. The summed E-state index contributed by atoms with van der Waals surface area (Å²) in [6, 6.07) is 0.867. The highest BCUT2D eigenvalue weighted by Crippen LogP contribution is 2.32. The Morgan fingerprint density at radius 3 is 2.34 bits per heavy atom. The summed E-state index contributed by atoms with van der Waals surface area (Å²) in [5.41, 5.74) is -0.445. The summed E-state index contributed by atoms with van der Waals surface area (Å²) in [6.45, 7) is 10.7. The van der Waals surface area contributed by atoms with Crippen LogP contribution in [-0.2, 0) is 4.74 Å². The van der Waals surface area contributed by atoms with Crippen LogP contribution in [0.4, 0.5) is 4.79 Å². The van der Waals surface area contributed by atoms with Gasteiger partial charge in [0.25, 0.3) is 0 Å². The predicted molar refractivity (Wildman–Crippen MR) is 117 cm³/mol. The number of hydrogen-bond donors (Lipinski definition) is 1. The Morgan fingerprint density at radius 1 is 1.14 bits per heavy atom. The van der Waals surface area contributed by atoms with Crippen molar-refractivity contribution in [2.24, 2.45) is 10.9 Å². The third-order valence-corrected chi connectivity index (χ3v) is 6.36. The van der Waals surface area contributed by atoms with Gasteiger partial charge in [-0.1, -0.05) is 0 Å². The molecule has 0 spiro atoms. The number of carbonyl (C=O) groups excluding carboxylic acids is 1. The topological polar surface area (TPSA) is 60.4 Å². The first-order valence-corrected chi connectivity index (χ1v) is 11.4. The molecule has 29 heavy (non-hydrogen) atoms. The number of nitrogens with zero attached hydrogens (tertiary/aromatic N) is 4. The highest BCUT2D eigenvalue weighted by molar-refractivity contribution is 5.80. The molecule has 166 valence electrons. The fourth-order valence-corrected chi connectivity index (χ4v) is 4.44. The molecule has 3 aliphatic rings. The number of ether oxygens (including phenoxy) is 1. The minimum Gasteiger partial charge on any atom is -0.444 e. The molecule has 2 aliphatic heterocycles. The maximum atomic E-state index is 12.8. The molecular weight excluding hydrogens is 366 g/mol. The lowest BCUT2D eigenvalue weighted by atomic mass is 10.0. The molecule has 2 heterocycles. The van der Waals surface area contributed by atoms with Gasteiger partial charge >= 0.3 is 6.09 Å². The first-order chi connectivity index (χ1) is 13.8. The fraction of sp³-hybridized carbons (Fsp3) is 0.909. The van der Waals surface area contributed by atoms with E-state index in [1.807, 2.05) is 32.7 Å². The van der Waals surface area contributed by atoms with Crippen LogP contribution < -0.4 is 5.32 Å². The molecule has 1 N–H and O–H groups in total. The molecule has 1 aliphatic carbocycles. The van der Waals surface area contributed by atoms with Crippen LogP contribution in [-0.4, -0.2) is 91.3 Å². The molecule has 3 rings (SSSR count). The van der Waals surface area contributed by atoms with E-state index in [2.05, 4.69) is 27.2 Å². The van der Waals surface area contributed by atoms with Crippen LogP contribution in [0.1, 0.15) is 59.3 Å². The van der Waals surface area contributed by atoms with Crippen molar-refractivity contribution in [1.29, 1.82) is 0 Å². The maximum absolute atomic E-state index is 12.8. The molecule has 0 aromatic rings. The van der Waals surface area contributed by atoms with Gasteiger partial charge in [-0.05, 0) is 78.8 Å². The monoisotopic (exact) mass is 407 g/mol. The first-order valence-electron chi connectivity index (χ1n) is 11.4. The smallest absolute Gasteiger partial charge is 0.410 e. The number of hydrogen-bond acceptors (Lipinski definition) is 4. The lowest BCUT2D eigenvalue weighted by molar-refractivity contribution is 0.00928. The van der Waals surface area contributed by atoms with Gasteiger partial charge in [0.15, 0.2) is 5.96 Å². The first kappa shape index (κ1) is 22.2. The van der Waals surface area contributed by atoms with Crippen LogP contribution in [0.25, 0.3) is 0 Å². The summed E-state index contributed by atoms with van der Waals surface area (Å²) in [6.07, 6.45) is 6.82. The third kappa shape index (κ3) is 6.49. The number of likely N-dealkylation sites (N-methyl/N-ethyl adjacent to an activating group) is 1. The highest BCUT2D eigenvalue weighted by Gasteiger charge is 2.35. The van der Waals surface area contributed by atoms with Gasteiger partial charge in [0.05, 0.1) is 0 Å². The lowest BCUT2D eigenvalue weighted by Crippen LogP contribution is -2.53. The lowest BCUT2D eigenvalue weighted by Gasteiger charge is -2.40. The number of piperidine rings is 1. The van der Waals surface area contributed by atoms with Crippen LogP contribution in [0.2, 0.25) is 0 Å². The zero-order chi connectivity index (χ0) is 21.0. The van der Waals surface area contributed by atoms with Gasteiger partial charge in [-0.2, -0.15) is 0 Å². The number of amides is 1. The van der Waals surface area contributed by atoms with E-state index in [9.17, 15) is 4.79 Å². The molecular formula is C22H41N5O2. The van der Waals surface area contributed by atoms with E-state index in [0.717, 1.165) is 45.0 Å². The molecule has 2 saturated heterocycles. The summed E-state index contributed by atoms with van der Waals surface area (Å²) in [5.74, 6) is 1.66. The van der Waals surface area contributed by atoms with Crippen molar-refractivity contribution in [3.05, 3.63) is 0 Å². The second-order valence-electron chi connectivity index (χ2n) is 10.00. The van der Waals surface area contributed by atoms with Crippen LogP contribution in [0.5, 0.6) is 0 Å². The molecule has 1 unspecified atom stereocenters. The van der Waals surface area contributed by atoms with Crippen molar-refractivity contribution in [1.82, 2.24) is 20.0 Å². The van der Waals surface area contributed by atoms with Crippen molar-refractivity contribution in [2.45, 2.75) is 77.0 Å². The van der Waals surface area contributed by atoms with E-state index < -0.39 is 5.60 Å². The number of aliphatic imine (C=N–C) groups is 1. The molecule has 3 fully saturated rings. The summed E-state index contributed by atoms with van der Waals surface area (Å²) in [7, 11) is 4.08. The van der Waals surface area contributed by atoms with Crippen LogP contribution >= 0.6 is 0 Å². The van der Waals surface area contributed by atoms with Crippen molar-refractivity contribution < 1.29 is 9.53 Å². The predicted octanol–water partition coefficient (Wildman–Crippen LogP) is 2.77. The Balaban J connectivity index is 1.51. The number of nitrogens with one attached hydrogen (secondary N) is 1. The quantitative estimate of drug-likeness (QED) is 0.561. The van der Waals surface area contributed by atoms with Gasteiger partial charge in [-0.15, -0.1) is 0 Å². The summed E-state index contributed by atoms with van der Waals surface area (Å²) in [5, 5.41) is 3.58. The Bertz CT molecular complexity index is 576. The minimum absolute atomic E-state index is 0.144. The normalized spacial score (nSPS) is 24.7. The van der Waals surface area contributed by atoms with Gasteiger partial charge < -0.3 is 24.8 Å². The minimum atomic E-state index is -0.445. The number of rotatable bonds is 5. The molecule has 0 radical (unpaired) electrons. The molecule has 0 aromatic heterocycles. The van der Waals surface area contributed by atoms with Gasteiger partial charge in [-0.3, -0.25) is 4.99 Å². The molecule has 1 atom stereocenters. The second-order valence-corrected chi connectivity index (χ2v) is 10.00. The van der Waals surface area contributed by atoms with E-state index in [0.29, 0.717) is 12.0 Å². The molecule has 0 bridgehead atoms. The standard InChI is InChI=1S/C22H41N5O2/c1-22(2,3)29-21(28)27(16-17-8-9-17)18-10-13-26(14-11-18)20(23-4)24-15-19-7-6-12-25(19)5/h17-19H,6-16H2,1-5H3,(H,23,24). The number of guanidine groups is 1. The van der Waals surface area contributed by atoms with Crippen molar-refractivity contribution in [2.75, 3.05) is 46.8 Å². The van der Waals surface area contributed by atoms with Gasteiger partial charge in [-0.25, -0.2) is 4.79 Å². The highest BCUT2D eigenvalue weighted by atomic mass is 16.6. The SMILES string of the molecule is CN=C(NCC1CCCN1C)N1CCC(N(CC2CC2)C(=O)OC(C)(C)C)CC1. The summed E-state index contributed by atoms with van der Waals surface area (Å²) in [4.78, 5) is 24.1. The van der Waals surface area contributed by atoms with Gasteiger partial charge in [0.1, 0.15) is 5.60 Å². The maximum Gasteiger partial charge on any atom is 0.410 e. The Labute approximate surface area is 176 Å². The van der Waals surface area contributed by atoms with E-state index in [4.69, 9.17) is 4.74 Å². The average molecular weight is 408 g/mol. The van der Waals surface area contributed by atoms with Crippen LogP contribution in [0.15, 0.2) is 4.99 Å². The third-order valence-electron chi connectivity index (χ3n) is 6.36. The number of likely N-dealkylation sites (tertiary alicyclic amines) is 2. The molecule has 0 aromatic carbocycles. The van der Waals surface area contributed by atoms with Crippen LogP contribution in [0.3, 0.4) is 0 Å². The molecule has 1 amide bonds. The molecule has 7 heteroatoms. The number of carbonyl (C=O) groups is 1. The largest absolute Gasteiger partial charge is 0.444 e. The van der Waals surface area contributed by atoms with Crippen molar-refractivity contribution >= 4 is 12.1 Å². The van der Waals surface area contributed by atoms with Crippen molar-refractivity contribution in [3.8, 4) is 0 Å². The second kappa shape index (κ2) is 9.54. The van der Waals surface area contributed by atoms with E-state index >= 15 is 0 Å². The summed E-state index contributed by atoms with van der Waals surface area (Å²) >= 11 is 0. The van der Waals surface area contributed by atoms with E-state index in [-0.39, 0.29) is 12.1 Å². The van der Waals surface area contributed by atoms with Crippen molar-refractivity contribution in [3.63, 3.8) is 0 Å². The Kier molecular flexibility index (Phi) is 7.30. The Morgan fingerprint density at radius 2 is 1.83 bits per heavy atom. The van der Waals surface area contributed by atoms with E-state index in [1.165, 1.54) is 32.2 Å². The molecule has 7 nitrogen and oxygen atoms in total.